The molecule has 2 aromatic carbocycles. The predicted octanol–water partition coefficient (Wildman–Crippen LogP) is 5.04. The second-order valence-corrected chi connectivity index (χ2v) is 9.69. The van der Waals surface area contributed by atoms with Crippen LogP contribution in [0.25, 0.3) is 0 Å². The minimum Gasteiger partial charge on any atom is -0.481 e. The van der Waals surface area contributed by atoms with E-state index in [-0.39, 0.29) is 29.4 Å². The Bertz CT molecular complexity index is 907. The number of hydrogen-bond acceptors (Lipinski definition) is 3. The smallest absolute Gasteiger partial charge is 0.321 e. The zero-order chi connectivity index (χ0) is 22.0. The van der Waals surface area contributed by atoms with Gasteiger partial charge in [0.25, 0.3) is 0 Å². The van der Waals surface area contributed by atoms with Gasteiger partial charge in [0, 0.05) is 17.5 Å². The van der Waals surface area contributed by atoms with Gasteiger partial charge in [-0.15, -0.1) is 0 Å². The Hall–Kier alpha value is -2.47. The number of fused-ring (bicyclic) bond motifs is 1. The van der Waals surface area contributed by atoms with Crippen LogP contribution in [-0.4, -0.2) is 50.0 Å². The van der Waals surface area contributed by atoms with Crippen LogP contribution in [0.3, 0.4) is 0 Å². The van der Waals surface area contributed by atoms with Gasteiger partial charge in [-0.05, 0) is 24.5 Å². The summed E-state index contributed by atoms with van der Waals surface area (Å²) >= 11 is 1.73. The number of carboxylic acid groups (broad SMARTS) is 1. The van der Waals surface area contributed by atoms with Gasteiger partial charge in [-0.25, -0.2) is 4.79 Å². The van der Waals surface area contributed by atoms with Gasteiger partial charge in [-0.2, -0.15) is 11.8 Å². The van der Waals surface area contributed by atoms with E-state index in [0.29, 0.717) is 13.0 Å². The van der Waals surface area contributed by atoms with E-state index in [1.165, 1.54) is 0 Å². The summed E-state index contributed by atoms with van der Waals surface area (Å²) in [6.07, 6.45) is 1.46. The number of carboxylic acids is 1. The quantitative estimate of drug-likeness (QED) is 0.587. The molecule has 0 bridgehead atoms. The highest BCUT2D eigenvalue weighted by Gasteiger charge is 2.56. The molecule has 2 fully saturated rings. The van der Waals surface area contributed by atoms with E-state index in [1.807, 2.05) is 65.3 Å². The molecule has 4 rings (SSSR count). The molecule has 1 N–H and O–H groups in total. The second-order valence-electron chi connectivity index (χ2n) is 8.48. The summed E-state index contributed by atoms with van der Waals surface area (Å²) in [5, 5.41) is 9.85. The largest absolute Gasteiger partial charge is 0.481 e. The lowest BCUT2D eigenvalue weighted by molar-refractivity contribution is -0.142. The van der Waals surface area contributed by atoms with Crippen molar-refractivity contribution in [2.75, 3.05) is 5.75 Å². The van der Waals surface area contributed by atoms with Crippen LogP contribution < -0.4 is 0 Å². The number of thioether (sulfide) groups is 1. The first-order valence-electron chi connectivity index (χ1n) is 11.0. The minimum absolute atomic E-state index is 0.0140. The van der Waals surface area contributed by atoms with Crippen molar-refractivity contribution in [2.45, 2.75) is 56.6 Å². The first kappa shape index (κ1) is 21.8. The van der Waals surface area contributed by atoms with Crippen LogP contribution >= 0.6 is 11.8 Å². The Morgan fingerprint density at radius 2 is 1.77 bits per heavy atom. The topological polar surface area (TPSA) is 60.9 Å². The van der Waals surface area contributed by atoms with Crippen LogP contribution in [0.2, 0.25) is 0 Å². The first-order valence-corrected chi connectivity index (χ1v) is 12.1. The number of hydrogen-bond donors (Lipinski definition) is 1. The molecule has 2 heterocycles. The molecule has 0 aromatic heterocycles. The van der Waals surface area contributed by atoms with Crippen LogP contribution in [-0.2, 0) is 11.3 Å². The molecule has 5 nitrogen and oxygen atoms in total. The van der Waals surface area contributed by atoms with E-state index < -0.39 is 11.9 Å². The third-order valence-corrected chi connectivity index (χ3v) is 8.11. The van der Waals surface area contributed by atoms with Crippen molar-refractivity contribution in [3.05, 3.63) is 71.8 Å². The van der Waals surface area contributed by atoms with Gasteiger partial charge in [-0.3, -0.25) is 4.79 Å². The molecular formula is C25H30N2O3S. The Morgan fingerprint density at radius 1 is 1.13 bits per heavy atom. The number of benzene rings is 2. The van der Waals surface area contributed by atoms with Gasteiger partial charge in [0.2, 0.25) is 0 Å². The Labute approximate surface area is 188 Å². The molecule has 2 amide bonds. The molecule has 2 saturated heterocycles. The number of amides is 2. The van der Waals surface area contributed by atoms with Crippen molar-refractivity contribution in [3.63, 3.8) is 0 Å². The van der Waals surface area contributed by atoms with Crippen LogP contribution in [0.15, 0.2) is 60.7 Å². The molecule has 0 aliphatic carbocycles. The summed E-state index contributed by atoms with van der Waals surface area (Å²) < 4.78 is 0. The maximum absolute atomic E-state index is 13.7. The molecule has 31 heavy (non-hydrogen) atoms. The average Bonchev–Trinajstić information content (AvgIpc) is 3.31. The Kier molecular flexibility index (Phi) is 6.56. The molecule has 2 aliphatic rings. The summed E-state index contributed by atoms with van der Waals surface area (Å²) in [7, 11) is 0. The van der Waals surface area contributed by atoms with E-state index in [9.17, 15) is 14.7 Å². The maximum atomic E-state index is 13.7. The highest BCUT2D eigenvalue weighted by atomic mass is 32.2. The number of nitrogens with zero attached hydrogens (tertiary/aromatic N) is 2. The van der Waals surface area contributed by atoms with Crippen molar-refractivity contribution in [1.82, 2.24) is 9.80 Å². The normalized spacial score (nSPS) is 24.8. The molecule has 5 atom stereocenters. The van der Waals surface area contributed by atoms with Gasteiger partial charge in [0.05, 0.1) is 24.0 Å². The Balaban J connectivity index is 1.69. The molecular weight excluding hydrogens is 408 g/mol. The fraction of sp³-hybridized carbons (Fsp3) is 0.440. The van der Waals surface area contributed by atoms with Gasteiger partial charge in [0.15, 0.2) is 0 Å². The van der Waals surface area contributed by atoms with E-state index in [0.717, 1.165) is 23.3 Å². The molecule has 0 saturated carbocycles. The number of aliphatic carboxylic acids is 1. The highest BCUT2D eigenvalue weighted by molar-refractivity contribution is 8.00. The third-order valence-electron chi connectivity index (χ3n) is 6.58. The number of rotatable bonds is 8. The third kappa shape index (κ3) is 4.18. The molecule has 2 aromatic rings. The van der Waals surface area contributed by atoms with Crippen molar-refractivity contribution in [1.29, 1.82) is 0 Å². The van der Waals surface area contributed by atoms with Crippen LogP contribution in [0, 0.1) is 5.92 Å². The van der Waals surface area contributed by atoms with Crippen LogP contribution in [0.5, 0.6) is 0 Å². The van der Waals surface area contributed by atoms with Crippen molar-refractivity contribution in [2.24, 2.45) is 5.92 Å². The fourth-order valence-electron chi connectivity index (χ4n) is 5.07. The monoisotopic (exact) mass is 438 g/mol. The van der Waals surface area contributed by atoms with Crippen LogP contribution in [0.4, 0.5) is 4.79 Å². The average molecular weight is 439 g/mol. The number of carbonyl (C=O) groups is 2. The lowest BCUT2D eigenvalue weighted by atomic mass is 9.91. The van der Waals surface area contributed by atoms with Gasteiger partial charge in [-0.1, -0.05) is 74.0 Å². The number of carbonyl (C=O) groups excluding carboxylic acids is 1. The van der Waals surface area contributed by atoms with Crippen molar-refractivity contribution in [3.8, 4) is 0 Å². The Morgan fingerprint density at radius 3 is 2.39 bits per heavy atom. The fourth-order valence-corrected chi connectivity index (χ4v) is 6.85. The maximum Gasteiger partial charge on any atom is 0.321 e. The van der Waals surface area contributed by atoms with E-state index >= 15 is 0 Å². The zero-order valence-electron chi connectivity index (χ0n) is 18.1. The highest BCUT2D eigenvalue weighted by Crippen LogP contribution is 2.46. The van der Waals surface area contributed by atoms with E-state index in [4.69, 9.17) is 0 Å². The summed E-state index contributed by atoms with van der Waals surface area (Å²) in [5.74, 6) is -0.415. The van der Waals surface area contributed by atoms with Gasteiger partial charge >= 0.3 is 12.0 Å². The molecule has 164 valence electrons. The molecule has 4 unspecified atom stereocenters. The standard InChI is InChI=1S/C25H30N2O3S/c1-3-10-20(24(28)29)23-22-21(16-31-23)27(17(2)19-13-8-5-9-14-19)25(30)26(22)15-18-11-6-4-7-12-18/h4-9,11-14,17,20-23H,3,10,15-16H2,1-2H3,(H,28,29)/t17-,20?,21?,22?,23?/m1/s1. The van der Waals surface area contributed by atoms with Crippen molar-refractivity contribution < 1.29 is 14.7 Å². The first-order chi connectivity index (χ1) is 15.0. The summed E-state index contributed by atoms with van der Waals surface area (Å²) in [6.45, 7) is 4.61. The van der Waals surface area contributed by atoms with Crippen molar-refractivity contribution >= 4 is 23.8 Å². The van der Waals surface area contributed by atoms with E-state index in [1.54, 1.807) is 11.8 Å². The zero-order valence-corrected chi connectivity index (χ0v) is 18.9. The molecule has 2 aliphatic heterocycles. The minimum atomic E-state index is -0.748. The SMILES string of the molecule is CCCC(C(=O)O)C1SCC2C1N(Cc1ccccc1)C(=O)N2[C@H](C)c1ccccc1. The lowest BCUT2D eigenvalue weighted by Crippen LogP contribution is -2.45. The summed E-state index contributed by atoms with van der Waals surface area (Å²) in [5.41, 5.74) is 2.18. The van der Waals surface area contributed by atoms with Crippen LogP contribution in [0.1, 0.15) is 43.9 Å². The summed E-state index contributed by atoms with van der Waals surface area (Å²) in [4.78, 5) is 29.8. The van der Waals surface area contributed by atoms with E-state index in [2.05, 4.69) is 19.1 Å². The predicted molar refractivity (Wildman–Crippen MR) is 124 cm³/mol. The molecule has 6 heteroatoms. The molecule has 0 spiro atoms. The summed E-state index contributed by atoms with van der Waals surface area (Å²) in [6, 6.07) is 20.0. The van der Waals surface area contributed by atoms with Gasteiger partial charge in [0.1, 0.15) is 0 Å². The second kappa shape index (κ2) is 9.35. The number of urea groups is 1. The molecule has 0 radical (unpaired) electrons. The lowest BCUT2D eigenvalue weighted by Gasteiger charge is -2.30. The van der Waals surface area contributed by atoms with Gasteiger partial charge < -0.3 is 14.9 Å².